The Kier molecular flexibility index (Phi) is 4.69. The molecule has 0 saturated carbocycles. The van der Waals surface area contributed by atoms with Gasteiger partial charge in [-0.25, -0.2) is 4.79 Å². The highest BCUT2D eigenvalue weighted by Gasteiger charge is 2.18. The molecule has 0 aliphatic heterocycles. The van der Waals surface area contributed by atoms with Gasteiger partial charge in [0.2, 0.25) is 0 Å². The molecule has 5 heteroatoms. The summed E-state index contributed by atoms with van der Waals surface area (Å²) >= 11 is 0. The Morgan fingerprint density at radius 1 is 0.889 bits per heavy atom. The molecule has 0 bridgehead atoms. The van der Waals surface area contributed by atoms with Crippen molar-refractivity contribution in [1.29, 1.82) is 0 Å². The van der Waals surface area contributed by atoms with Crippen molar-refractivity contribution in [2.75, 3.05) is 0 Å². The summed E-state index contributed by atoms with van der Waals surface area (Å²) in [5.41, 5.74) is 3.44. The molecular formula is C22H22NO4+. The SMILES string of the molecule is Cc1ccc2c(C[NH+](Cc3ccco3)Cc3ccco3)cc(=O)oc2c1C. The Morgan fingerprint density at radius 2 is 1.56 bits per heavy atom. The first-order valence-corrected chi connectivity index (χ1v) is 9.01. The molecule has 0 atom stereocenters. The van der Waals surface area contributed by atoms with Gasteiger partial charge in [0, 0.05) is 17.0 Å². The third-order valence-electron chi connectivity index (χ3n) is 4.97. The topological polar surface area (TPSA) is 60.9 Å². The molecule has 5 nitrogen and oxygen atoms in total. The van der Waals surface area contributed by atoms with Gasteiger partial charge in [0.25, 0.3) is 0 Å². The normalized spacial score (nSPS) is 11.5. The Balaban J connectivity index is 1.71. The number of aryl methyl sites for hydroxylation is 2. The van der Waals surface area contributed by atoms with E-state index in [-0.39, 0.29) is 5.63 Å². The monoisotopic (exact) mass is 364 g/mol. The summed E-state index contributed by atoms with van der Waals surface area (Å²) in [5, 5.41) is 0.981. The third kappa shape index (κ3) is 3.73. The highest BCUT2D eigenvalue weighted by Crippen LogP contribution is 2.23. The molecule has 138 valence electrons. The van der Waals surface area contributed by atoms with Crippen LogP contribution in [0.25, 0.3) is 11.0 Å². The van der Waals surface area contributed by atoms with Gasteiger partial charge in [0.05, 0.1) is 12.5 Å². The van der Waals surface area contributed by atoms with Gasteiger partial charge >= 0.3 is 5.63 Å². The third-order valence-corrected chi connectivity index (χ3v) is 4.97. The minimum Gasteiger partial charge on any atom is -0.463 e. The van der Waals surface area contributed by atoms with Gasteiger partial charge in [-0.15, -0.1) is 0 Å². The summed E-state index contributed by atoms with van der Waals surface area (Å²) in [5.74, 6) is 1.80. The molecule has 1 N–H and O–H groups in total. The van der Waals surface area contributed by atoms with E-state index in [0.29, 0.717) is 25.2 Å². The number of hydrogen-bond donors (Lipinski definition) is 1. The Bertz CT molecular complexity index is 1060. The molecule has 1 aromatic carbocycles. The predicted octanol–water partition coefficient (Wildman–Crippen LogP) is 3.38. The predicted molar refractivity (Wildman–Crippen MR) is 101 cm³/mol. The summed E-state index contributed by atoms with van der Waals surface area (Å²) in [7, 11) is 0. The lowest BCUT2D eigenvalue weighted by molar-refractivity contribution is -0.942. The maximum atomic E-state index is 12.2. The minimum absolute atomic E-state index is 0.318. The van der Waals surface area contributed by atoms with Crippen LogP contribution in [0.5, 0.6) is 0 Å². The van der Waals surface area contributed by atoms with Crippen LogP contribution in [-0.2, 0) is 19.6 Å². The van der Waals surface area contributed by atoms with Crippen molar-refractivity contribution >= 4 is 11.0 Å². The van der Waals surface area contributed by atoms with Gasteiger partial charge in [0.15, 0.2) is 11.5 Å². The summed E-state index contributed by atoms with van der Waals surface area (Å²) in [6.07, 6.45) is 3.36. The molecular weight excluding hydrogens is 342 g/mol. The van der Waals surface area contributed by atoms with Crippen LogP contribution in [-0.4, -0.2) is 0 Å². The number of furan rings is 2. The van der Waals surface area contributed by atoms with Crippen molar-refractivity contribution in [3.05, 3.63) is 93.6 Å². The second-order valence-corrected chi connectivity index (χ2v) is 6.91. The first-order valence-electron chi connectivity index (χ1n) is 9.01. The zero-order valence-electron chi connectivity index (χ0n) is 15.5. The van der Waals surface area contributed by atoms with Gasteiger partial charge in [-0.05, 0) is 49.2 Å². The molecule has 0 amide bonds. The van der Waals surface area contributed by atoms with Crippen LogP contribution < -0.4 is 10.5 Å². The first-order chi connectivity index (χ1) is 13.1. The maximum absolute atomic E-state index is 12.2. The molecule has 0 fully saturated rings. The highest BCUT2D eigenvalue weighted by molar-refractivity contribution is 5.83. The fraction of sp³-hybridized carbons (Fsp3) is 0.227. The van der Waals surface area contributed by atoms with Gasteiger partial charge in [-0.1, -0.05) is 12.1 Å². The molecule has 4 rings (SSSR count). The standard InChI is InChI=1S/C22H21NO4/c1-15-7-8-20-17(11-21(24)27-22(20)16(15)2)12-23(13-18-5-3-9-25-18)14-19-6-4-10-26-19/h3-11H,12-14H2,1-2H3/p+1. The van der Waals surface area contributed by atoms with E-state index in [1.807, 2.05) is 44.2 Å². The number of rotatable bonds is 6. The highest BCUT2D eigenvalue weighted by atomic mass is 16.4. The van der Waals surface area contributed by atoms with Crippen LogP contribution in [0.4, 0.5) is 0 Å². The van der Waals surface area contributed by atoms with Crippen molar-refractivity contribution in [1.82, 2.24) is 0 Å². The second kappa shape index (κ2) is 7.29. The van der Waals surface area contributed by atoms with Crippen LogP contribution in [0.3, 0.4) is 0 Å². The average Bonchev–Trinajstić information content (AvgIpc) is 3.32. The summed E-state index contributed by atoms with van der Waals surface area (Å²) in [6, 6.07) is 13.4. The van der Waals surface area contributed by atoms with Crippen LogP contribution >= 0.6 is 0 Å². The zero-order chi connectivity index (χ0) is 18.8. The summed E-state index contributed by atoms with van der Waals surface area (Å²) < 4.78 is 16.6. The van der Waals surface area contributed by atoms with Gasteiger partial charge in [-0.2, -0.15) is 0 Å². The van der Waals surface area contributed by atoms with Crippen LogP contribution in [0.2, 0.25) is 0 Å². The van der Waals surface area contributed by atoms with Crippen LogP contribution in [0.1, 0.15) is 28.2 Å². The quantitative estimate of drug-likeness (QED) is 0.533. The zero-order valence-corrected chi connectivity index (χ0v) is 15.5. The minimum atomic E-state index is -0.318. The van der Waals surface area contributed by atoms with Gasteiger partial charge < -0.3 is 18.2 Å². The Hall–Kier alpha value is -3.05. The largest absolute Gasteiger partial charge is 0.463 e. The van der Waals surface area contributed by atoms with Crippen LogP contribution in [0, 0.1) is 13.8 Å². The first kappa shape index (κ1) is 17.4. The van der Waals surface area contributed by atoms with E-state index in [1.165, 1.54) is 4.90 Å². The fourth-order valence-electron chi connectivity index (χ4n) is 3.45. The molecule has 4 aromatic rings. The number of fused-ring (bicyclic) bond motifs is 1. The molecule has 3 aromatic heterocycles. The van der Waals surface area contributed by atoms with E-state index in [1.54, 1.807) is 18.6 Å². The van der Waals surface area contributed by atoms with Gasteiger partial charge in [0.1, 0.15) is 25.2 Å². The average molecular weight is 364 g/mol. The molecule has 0 saturated heterocycles. The fourth-order valence-corrected chi connectivity index (χ4v) is 3.45. The number of quaternary nitrogens is 1. The van der Waals surface area contributed by atoms with Crippen molar-refractivity contribution < 1.29 is 18.2 Å². The molecule has 0 radical (unpaired) electrons. The van der Waals surface area contributed by atoms with E-state index < -0.39 is 0 Å². The maximum Gasteiger partial charge on any atom is 0.336 e. The smallest absolute Gasteiger partial charge is 0.336 e. The molecule has 27 heavy (non-hydrogen) atoms. The molecule has 0 aliphatic rings. The summed E-state index contributed by atoms with van der Waals surface area (Å²) in [4.78, 5) is 13.4. The van der Waals surface area contributed by atoms with Crippen molar-refractivity contribution in [2.24, 2.45) is 0 Å². The number of hydrogen-bond acceptors (Lipinski definition) is 4. The molecule has 0 aliphatic carbocycles. The summed E-state index contributed by atoms with van der Waals surface area (Å²) in [6.45, 7) is 6.06. The lowest BCUT2D eigenvalue weighted by atomic mass is 10.0. The van der Waals surface area contributed by atoms with E-state index in [9.17, 15) is 4.79 Å². The Labute approximate surface area is 156 Å². The lowest BCUT2D eigenvalue weighted by Gasteiger charge is -2.18. The Morgan fingerprint density at radius 3 is 2.15 bits per heavy atom. The van der Waals surface area contributed by atoms with E-state index in [4.69, 9.17) is 13.3 Å². The van der Waals surface area contributed by atoms with Crippen molar-refractivity contribution in [3.63, 3.8) is 0 Å². The number of nitrogens with one attached hydrogen (secondary N) is 1. The lowest BCUT2D eigenvalue weighted by Crippen LogP contribution is -3.08. The van der Waals surface area contributed by atoms with Crippen LogP contribution in [0.15, 0.2) is 73.0 Å². The van der Waals surface area contributed by atoms with E-state index in [2.05, 4.69) is 6.07 Å². The van der Waals surface area contributed by atoms with Crippen molar-refractivity contribution in [3.8, 4) is 0 Å². The van der Waals surface area contributed by atoms with Crippen molar-refractivity contribution in [2.45, 2.75) is 33.5 Å². The molecule has 3 heterocycles. The van der Waals surface area contributed by atoms with E-state index >= 15 is 0 Å². The molecule has 0 spiro atoms. The van der Waals surface area contributed by atoms with Gasteiger partial charge in [-0.3, -0.25) is 0 Å². The van der Waals surface area contributed by atoms with E-state index in [0.717, 1.165) is 33.6 Å². The second-order valence-electron chi connectivity index (χ2n) is 6.91. The number of benzene rings is 1. The molecule has 0 unspecified atom stereocenters.